The molecule has 1 amide bonds. The fraction of sp³-hybridized carbons (Fsp3) is 0.188. The maximum absolute atomic E-state index is 11.7. The molecule has 0 aliphatic carbocycles. The van der Waals surface area contributed by atoms with Crippen LogP contribution < -0.4 is 5.32 Å². The smallest absolute Gasteiger partial charge is 0.244 e. The van der Waals surface area contributed by atoms with Gasteiger partial charge in [-0.1, -0.05) is 24.3 Å². The second-order valence-electron chi connectivity index (χ2n) is 4.45. The molecular weight excluding hydrogens is 254 g/mol. The van der Waals surface area contributed by atoms with Crippen molar-refractivity contribution < 1.29 is 4.79 Å². The van der Waals surface area contributed by atoms with Gasteiger partial charge in [0.1, 0.15) is 0 Å². The number of carbonyl (C=O) groups excluding carboxylic acids is 1. The van der Waals surface area contributed by atoms with Crippen molar-refractivity contribution in [2.45, 2.75) is 20.4 Å². The quantitative estimate of drug-likeness (QED) is 0.844. The van der Waals surface area contributed by atoms with Crippen LogP contribution in [0.2, 0.25) is 0 Å². The summed E-state index contributed by atoms with van der Waals surface area (Å²) in [6, 6.07) is 10.1. The molecule has 0 saturated carbocycles. The van der Waals surface area contributed by atoms with E-state index in [2.05, 4.69) is 11.4 Å². The van der Waals surface area contributed by atoms with Crippen LogP contribution in [0.1, 0.15) is 21.6 Å². The molecular formula is C16H17NOS. The van der Waals surface area contributed by atoms with Gasteiger partial charge in [-0.3, -0.25) is 4.79 Å². The first-order valence-electron chi connectivity index (χ1n) is 6.21. The summed E-state index contributed by atoms with van der Waals surface area (Å²) in [5.74, 6) is -0.0592. The van der Waals surface area contributed by atoms with Crippen molar-refractivity contribution in [3.05, 3.63) is 63.4 Å². The van der Waals surface area contributed by atoms with Gasteiger partial charge in [0.2, 0.25) is 5.91 Å². The van der Waals surface area contributed by atoms with Gasteiger partial charge in [-0.05, 0) is 48.1 Å². The molecule has 19 heavy (non-hydrogen) atoms. The van der Waals surface area contributed by atoms with Crippen molar-refractivity contribution in [1.82, 2.24) is 5.32 Å². The number of carbonyl (C=O) groups is 1. The monoisotopic (exact) mass is 271 g/mol. The Morgan fingerprint density at radius 3 is 2.68 bits per heavy atom. The summed E-state index contributed by atoms with van der Waals surface area (Å²) in [6.07, 6.45) is 3.46. The molecule has 0 bridgehead atoms. The van der Waals surface area contributed by atoms with Crippen molar-refractivity contribution in [1.29, 1.82) is 0 Å². The third-order valence-electron chi connectivity index (χ3n) is 3.00. The Balaban J connectivity index is 1.91. The summed E-state index contributed by atoms with van der Waals surface area (Å²) in [6.45, 7) is 4.66. The molecule has 2 aromatic rings. The highest BCUT2D eigenvalue weighted by molar-refractivity contribution is 7.11. The second kappa shape index (κ2) is 6.34. The molecule has 1 N–H and O–H groups in total. The lowest BCUT2D eigenvalue weighted by Gasteiger charge is -2.05. The lowest BCUT2D eigenvalue weighted by atomic mass is 10.1. The van der Waals surface area contributed by atoms with Crippen LogP contribution in [-0.2, 0) is 11.3 Å². The number of thiophene rings is 1. The summed E-state index contributed by atoms with van der Waals surface area (Å²) in [4.78, 5) is 12.9. The topological polar surface area (TPSA) is 29.1 Å². The Bertz CT molecular complexity index is 598. The summed E-state index contributed by atoms with van der Waals surface area (Å²) < 4.78 is 0. The number of hydrogen-bond acceptors (Lipinski definition) is 2. The minimum atomic E-state index is -0.0592. The van der Waals surface area contributed by atoms with Crippen LogP contribution in [0, 0.1) is 13.8 Å². The van der Waals surface area contributed by atoms with Crippen molar-refractivity contribution in [3.8, 4) is 0 Å². The lowest BCUT2D eigenvalue weighted by molar-refractivity contribution is -0.116. The number of aryl methyl sites for hydroxylation is 2. The average Bonchev–Trinajstić information content (AvgIpc) is 2.81. The maximum Gasteiger partial charge on any atom is 0.244 e. The van der Waals surface area contributed by atoms with E-state index in [4.69, 9.17) is 0 Å². The fourth-order valence-corrected chi connectivity index (χ4v) is 2.58. The van der Waals surface area contributed by atoms with Gasteiger partial charge in [0, 0.05) is 17.5 Å². The molecule has 98 valence electrons. The molecule has 0 aliphatic heterocycles. The van der Waals surface area contributed by atoms with Crippen LogP contribution in [-0.4, -0.2) is 5.91 Å². The molecule has 0 aliphatic rings. The van der Waals surface area contributed by atoms with E-state index in [1.165, 1.54) is 11.1 Å². The molecule has 0 fully saturated rings. The third-order valence-corrected chi connectivity index (χ3v) is 3.99. The number of rotatable bonds is 4. The fourth-order valence-electron chi connectivity index (χ4n) is 1.76. The molecule has 1 heterocycles. The number of benzene rings is 1. The summed E-state index contributed by atoms with van der Waals surface area (Å²) in [5.41, 5.74) is 3.55. The first-order valence-corrected chi connectivity index (χ1v) is 7.09. The predicted molar refractivity (Wildman–Crippen MR) is 81.1 cm³/mol. The van der Waals surface area contributed by atoms with Crippen LogP contribution >= 0.6 is 11.3 Å². The molecule has 1 aromatic heterocycles. The second-order valence-corrected chi connectivity index (χ2v) is 5.39. The zero-order valence-corrected chi connectivity index (χ0v) is 12.0. The van der Waals surface area contributed by atoms with Gasteiger partial charge >= 0.3 is 0 Å². The Morgan fingerprint density at radius 2 is 2.00 bits per heavy atom. The standard InChI is InChI=1S/C16H17NOS/c1-12-5-3-4-6-14(12)11-17-16(18)8-7-15-13(2)9-10-19-15/h3-10H,11H2,1-2H3,(H,17,18)/b8-7+. The summed E-state index contributed by atoms with van der Waals surface area (Å²) in [5, 5.41) is 4.93. The Morgan fingerprint density at radius 1 is 1.21 bits per heavy atom. The van der Waals surface area contributed by atoms with E-state index in [1.807, 2.05) is 49.6 Å². The summed E-state index contributed by atoms with van der Waals surface area (Å²) in [7, 11) is 0. The third kappa shape index (κ3) is 3.80. The minimum absolute atomic E-state index is 0.0592. The van der Waals surface area contributed by atoms with E-state index in [0.717, 1.165) is 10.4 Å². The molecule has 0 radical (unpaired) electrons. The number of nitrogens with one attached hydrogen (secondary N) is 1. The van der Waals surface area contributed by atoms with Gasteiger partial charge < -0.3 is 5.32 Å². The highest BCUT2D eigenvalue weighted by atomic mass is 32.1. The zero-order valence-electron chi connectivity index (χ0n) is 11.1. The van der Waals surface area contributed by atoms with Gasteiger partial charge in [0.15, 0.2) is 0 Å². The van der Waals surface area contributed by atoms with Gasteiger partial charge in [0.25, 0.3) is 0 Å². The van der Waals surface area contributed by atoms with Crippen molar-refractivity contribution in [2.24, 2.45) is 0 Å². The molecule has 2 nitrogen and oxygen atoms in total. The largest absolute Gasteiger partial charge is 0.348 e. The van der Waals surface area contributed by atoms with Gasteiger partial charge in [0.05, 0.1) is 0 Å². The molecule has 0 unspecified atom stereocenters. The van der Waals surface area contributed by atoms with E-state index >= 15 is 0 Å². The Labute approximate surface area is 117 Å². The molecule has 1 aromatic carbocycles. The normalized spacial score (nSPS) is 10.8. The molecule has 2 rings (SSSR count). The first kappa shape index (κ1) is 13.6. The van der Waals surface area contributed by atoms with Crippen LogP contribution in [0.3, 0.4) is 0 Å². The zero-order chi connectivity index (χ0) is 13.7. The van der Waals surface area contributed by atoms with Crippen LogP contribution in [0.4, 0.5) is 0 Å². The Hall–Kier alpha value is -1.87. The van der Waals surface area contributed by atoms with Gasteiger partial charge in [-0.25, -0.2) is 0 Å². The van der Waals surface area contributed by atoms with Crippen molar-refractivity contribution >= 4 is 23.3 Å². The number of amides is 1. The van der Waals surface area contributed by atoms with Crippen LogP contribution in [0.15, 0.2) is 41.8 Å². The highest BCUT2D eigenvalue weighted by Gasteiger charge is 2.00. The van der Waals surface area contributed by atoms with E-state index in [-0.39, 0.29) is 5.91 Å². The highest BCUT2D eigenvalue weighted by Crippen LogP contribution is 2.16. The van der Waals surface area contributed by atoms with E-state index < -0.39 is 0 Å². The predicted octanol–water partition coefficient (Wildman–Crippen LogP) is 3.69. The first-order chi connectivity index (χ1) is 9.16. The van der Waals surface area contributed by atoms with E-state index in [9.17, 15) is 4.79 Å². The van der Waals surface area contributed by atoms with Gasteiger partial charge in [-0.2, -0.15) is 0 Å². The number of hydrogen-bond donors (Lipinski definition) is 1. The average molecular weight is 271 g/mol. The van der Waals surface area contributed by atoms with Crippen LogP contribution in [0.5, 0.6) is 0 Å². The molecule has 0 atom stereocenters. The Kier molecular flexibility index (Phi) is 4.53. The molecule has 3 heteroatoms. The van der Waals surface area contributed by atoms with Gasteiger partial charge in [-0.15, -0.1) is 11.3 Å². The SMILES string of the molecule is Cc1ccccc1CNC(=O)/C=C/c1sccc1C. The van der Waals surface area contributed by atoms with Crippen LogP contribution in [0.25, 0.3) is 6.08 Å². The van der Waals surface area contributed by atoms with Crippen molar-refractivity contribution in [3.63, 3.8) is 0 Å². The van der Waals surface area contributed by atoms with E-state index in [1.54, 1.807) is 17.4 Å². The lowest BCUT2D eigenvalue weighted by Crippen LogP contribution is -2.20. The minimum Gasteiger partial charge on any atom is -0.348 e. The maximum atomic E-state index is 11.7. The molecule has 0 saturated heterocycles. The van der Waals surface area contributed by atoms with E-state index in [0.29, 0.717) is 6.54 Å². The molecule has 0 spiro atoms. The van der Waals surface area contributed by atoms with Crippen molar-refractivity contribution in [2.75, 3.05) is 0 Å². The summed E-state index contributed by atoms with van der Waals surface area (Å²) >= 11 is 1.64.